The van der Waals surface area contributed by atoms with Crippen LogP contribution < -0.4 is 10.7 Å². The van der Waals surface area contributed by atoms with E-state index in [0.29, 0.717) is 0 Å². The summed E-state index contributed by atoms with van der Waals surface area (Å²) in [6, 6.07) is 3.02. The van der Waals surface area contributed by atoms with Crippen molar-refractivity contribution in [3.63, 3.8) is 0 Å². The van der Waals surface area contributed by atoms with Gasteiger partial charge in [0.2, 0.25) is 15.9 Å². The summed E-state index contributed by atoms with van der Waals surface area (Å²) in [5, 5.41) is 1.73. The molecule has 1 heterocycles. The molecule has 1 fully saturated rings. The first-order valence-corrected chi connectivity index (χ1v) is 10.2. The number of nitrogens with zero attached hydrogens (tertiary/aromatic N) is 2. The van der Waals surface area contributed by atoms with Gasteiger partial charge < -0.3 is 5.32 Å². The molecular formula is C15H18Cl2F2N4O4S. The van der Waals surface area contributed by atoms with Gasteiger partial charge in [-0.1, -0.05) is 0 Å². The van der Waals surface area contributed by atoms with Gasteiger partial charge in [-0.15, -0.1) is 23.2 Å². The lowest BCUT2D eigenvalue weighted by molar-refractivity contribution is -0.139. The fourth-order valence-corrected chi connectivity index (χ4v) is 3.88. The summed E-state index contributed by atoms with van der Waals surface area (Å²) in [5.41, 5.74) is 1.95. The molecule has 0 aliphatic carbocycles. The van der Waals surface area contributed by atoms with Gasteiger partial charge in [0, 0.05) is 31.9 Å². The molecule has 13 heteroatoms. The standard InChI is InChI=1S/C15H18Cl2F2N4O4S/c1-22(2)28(26,27)11-5-8(3-4-9(11)14(18)19)21-12(24)7-23-15(25)13(17)10(16)6-20-23/h3-5,10,13-14,20H,6-7H2,1-2H3,(H,21,24). The second-order valence-electron chi connectivity index (χ2n) is 6.09. The summed E-state index contributed by atoms with van der Waals surface area (Å²) < 4.78 is 51.8. The molecule has 8 nitrogen and oxygen atoms in total. The summed E-state index contributed by atoms with van der Waals surface area (Å²) in [6.07, 6.45) is -3.02. The second-order valence-corrected chi connectivity index (χ2v) is 9.24. The Hall–Kier alpha value is -1.53. The average molecular weight is 459 g/mol. The molecule has 0 bridgehead atoms. The van der Waals surface area contributed by atoms with Crippen molar-refractivity contribution in [2.45, 2.75) is 22.1 Å². The highest BCUT2D eigenvalue weighted by molar-refractivity contribution is 7.89. The highest BCUT2D eigenvalue weighted by Crippen LogP contribution is 2.30. The number of halogens is 4. The van der Waals surface area contributed by atoms with Gasteiger partial charge in [0.05, 0.1) is 10.3 Å². The van der Waals surface area contributed by atoms with E-state index in [2.05, 4.69) is 10.7 Å². The summed E-state index contributed by atoms with van der Waals surface area (Å²) >= 11 is 11.7. The van der Waals surface area contributed by atoms with Crippen LogP contribution in [0.25, 0.3) is 0 Å². The van der Waals surface area contributed by atoms with E-state index in [0.717, 1.165) is 27.5 Å². The first-order valence-electron chi connectivity index (χ1n) is 7.92. The fraction of sp³-hybridized carbons (Fsp3) is 0.467. The number of nitrogens with one attached hydrogen (secondary N) is 2. The summed E-state index contributed by atoms with van der Waals surface area (Å²) in [4.78, 5) is 23.6. The van der Waals surface area contributed by atoms with E-state index in [-0.39, 0.29) is 12.2 Å². The number of amides is 2. The van der Waals surface area contributed by atoms with Crippen LogP contribution in [0.15, 0.2) is 23.1 Å². The zero-order valence-electron chi connectivity index (χ0n) is 14.8. The minimum atomic E-state index is -4.17. The lowest BCUT2D eigenvalue weighted by atomic mass is 10.2. The van der Waals surface area contributed by atoms with Gasteiger partial charge >= 0.3 is 0 Å². The number of carbonyl (C=O) groups is 2. The van der Waals surface area contributed by atoms with Gasteiger partial charge in [-0.25, -0.2) is 26.9 Å². The van der Waals surface area contributed by atoms with Crippen molar-refractivity contribution in [1.82, 2.24) is 14.7 Å². The molecular weight excluding hydrogens is 441 g/mol. The Morgan fingerprint density at radius 3 is 2.61 bits per heavy atom. The molecule has 0 aromatic heterocycles. The maximum Gasteiger partial charge on any atom is 0.265 e. The first kappa shape index (κ1) is 22.8. The van der Waals surface area contributed by atoms with Crippen molar-refractivity contribution in [2.75, 3.05) is 32.5 Å². The van der Waals surface area contributed by atoms with Crippen molar-refractivity contribution in [1.29, 1.82) is 0 Å². The number of alkyl halides is 4. The molecule has 2 unspecified atom stereocenters. The zero-order valence-corrected chi connectivity index (χ0v) is 17.2. The van der Waals surface area contributed by atoms with Crippen LogP contribution in [0.4, 0.5) is 14.5 Å². The number of carbonyl (C=O) groups excluding carboxylic acids is 2. The summed E-state index contributed by atoms with van der Waals surface area (Å²) in [6.45, 7) is -0.263. The third-order valence-electron chi connectivity index (χ3n) is 3.89. The van der Waals surface area contributed by atoms with Crippen molar-refractivity contribution < 1.29 is 26.8 Å². The van der Waals surface area contributed by atoms with Gasteiger partial charge in [-0.2, -0.15) is 0 Å². The molecule has 156 valence electrons. The van der Waals surface area contributed by atoms with Gasteiger partial charge in [-0.05, 0) is 18.2 Å². The highest BCUT2D eigenvalue weighted by atomic mass is 35.5. The number of hydrazine groups is 1. The SMILES string of the molecule is CN(C)S(=O)(=O)c1cc(NC(=O)CN2NCC(Cl)C(Cl)C2=O)ccc1C(F)F. The van der Waals surface area contributed by atoms with Crippen LogP contribution in [0.5, 0.6) is 0 Å². The monoisotopic (exact) mass is 458 g/mol. The van der Waals surface area contributed by atoms with E-state index in [1.54, 1.807) is 0 Å². The predicted molar refractivity (Wildman–Crippen MR) is 99.9 cm³/mol. The quantitative estimate of drug-likeness (QED) is 0.627. The number of benzene rings is 1. The molecule has 0 saturated carbocycles. The summed E-state index contributed by atoms with van der Waals surface area (Å²) in [5.74, 6) is -1.28. The molecule has 2 atom stereocenters. The van der Waals surface area contributed by atoms with Crippen molar-refractivity contribution >= 4 is 50.7 Å². The van der Waals surface area contributed by atoms with Crippen LogP contribution in [-0.2, 0) is 19.6 Å². The van der Waals surface area contributed by atoms with Crippen LogP contribution in [0.2, 0.25) is 0 Å². The number of hydrogen-bond acceptors (Lipinski definition) is 5. The topological polar surface area (TPSA) is 98.8 Å². The Morgan fingerprint density at radius 1 is 1.39 bits per heavy atom. The Morgan fingerprint density at radius 2 is 2.04 bits per heavy atom. The van der Waals surface area contributed by atoms with Crippen LogP contribution in [0.3, 0.4) is 0 Å². The van der Waals surface area contributed by atoms with E-state index >= 15 is 0 Å². The third-order valence-corrected chi connectivity index (χ3v) is 6.79. The van der Waals surface area contributed by atoms with Gasteiger partial charge in [0.1, 0.15) is 11.9 Å². The smallest absolute Gasteiger partial charge is 0.265 e. The van der Waals surface area contributed by atoms with Crippen LogP contribution in [0.1, 0.15) is 12.0 Å². The Balaban J connectivity index is 2.20. The summed E-state index contributed by atoms with van der Waals surface area (Å²) in [7, 11) is -1.76. The van der Waals surface area contributed by atoms with Crippen LogP contribution in [-0.4, -0.2) is 67.5 Å². The van der Waals surface area contributed by atoms with E-state index in [9.17, 15) is 26.8 Å². The molecule has 1 aromatic rings. The maximum absolute atomic E-state index is 13.2. The molecule has 28 heavy (non-hydrogen) atoms. The lowest BCUT2D eigenvalue weighted by Crippen LogP contribution is -2.58. The molecule has 1 aromatic carbocycles. The van der Waals surface area contributed by atoms with Crippen molar-refractivity contribution in [3.05, 3.63) is 23.8 Å². The minimum Gasteiger partial charge on any atom is -0.324 e. The van der Waals surface area contributed by atoms with Gasteiger partial charge in [-0.3, -0.25) is 14.6 Å². The molecule has 1 aliphatic rings. The molecule has 0 spiro atoms. The molecule has 0 radical (unpaired) electrons. The first-order chi connectivity index (χ1) is 12.9. The van der Waals surface area contributed by atoms with Gasteiger partial charge in [0.15, 0.2) is 0 Å². The van der Waals surface area contributed by atoms with Gasteiger partial charge in [0.25, 0.3) is 12.3 Å². The van der Waals surface area contributed by atoms with Crippen LogP contribution >= 0.6 is 23.2 Å². The number of sulfonamides is 1. The molecule has 1 saturated heterocycles. The normalized spacial score (nSPS) is 20.7. The zero-order chi connectivity index (χ0) is 21.2. The second kappa shape index (κ2) is 8.87. The largest absolute Gasteiger partial charge is 0.324 e. The molecule has 2 N–H and O–H groups in total. The molecule has 2 rings (SSSR count). The van der Waals surface area contributed by atoms with E-state index in [1.807, 2.05) is 0 Å². The number of rotatable bonds is 6. The highest BCUT2D eigenvalue weighted by Gasteiger charge is 2.35. The number of anilines is 1. The van der Waals surface area contributed by atoms with Crippen LogP contribution in [0, 0.1) is 0 Å². The van der Waals surface area contributed by atoms with E-state index in [1.165, 1.54) is 14.1 Å². The van der Waals surface area contributed by atoms with Crippen molar-refractivity contribution in [3.8, 4) is 0 Å². The predicted octanol–water partition coefficient (Wildman–Crippen LogP) is 1.37. The Labute approximate surface area is 170 Å². The molecule has 2 amide bonds. The molecule has 1 aliphatic heterocycles. The Kier molecular flexibility index (Phi) is 7.21. The van der Waals surface area contributed by atoms with E-state index < -0.39 is 56.0 Å². The third kappa shape index (κ3) is 4.90. The maximum atomic E-state index is 13.2. The van der Waals surface area contributed by atoms with E-state index in [4.69, 9.17) is 23.2 Å². The lowest BCUT2D eigenvalue weighted by Gasteiger charge is -2.32. The average Bonchev–Trinajstić information content (AvgIpc) is 2.61. The Bertz CT molecular complexity index is 870. The minimum absolute atomic E-state index is 0.0167. The number of hydrogen-bond donors (Lipinski definition) is 2. The fourth-order valence-electron chi connectivity index (χ4n) is 2.37. The van der Waals surface area contributed by atoms with Crippen molar-refractivity contribution in [2.24, 2.45) is 0 Å².